The van der Waals surface area contributed by atoms with E-state index in [4.69, 9.17) is 31.5 Å². The van der Waals surface area contributed by atoms with Crippen molar-refractivity contribution in [2.75, 3.05) is 13.7 Å². The molecule has 2 aliphatic carbocycles. The lowest BCUT2D eigenvalue weighted by atomic mass is 9.85. The van der Waals surface area contributed by atoms with Gasteiger partial charge < -0.3 is 30.2 Å². The number of likely N-dealkylation sites (tertiary alicyclic amines) is 1. The van der Waals surface area contributed by atoms with E-state index in [2.05, 4.69) is 17.2 Å². The first-order valence-electron chi connectivity index (χ1n) is 14.1. The average Bonchev–Trinajstić information content (AvgIpc) is 3.28. The number of nitrogens with two attached hydrogens (primary N) is 1. The summed E-state index contributed by atoms with van der Waals surface area (Å²) in [5.41, 5.74) is 5.44. The van der Waals surface area contributed by atoms with Crippen LogP contribution in [0.4, 0.5) is 4.79 Å². The van der Waals surface area contributed by atoms with E-state index >= 15 is 0 Å². The number of hydrogen-bond acceptors (Lipinski definition) is 8. The Hall–Kier alpha value is -3.78. The molecule has 2 aromatic rings. The smallest absolute Gasteiger partial charge is 0.408 e. The van der Waals surface area contributed by atoms with Crippen molar-refractivity contribution in [1.29, 1.82) is 5.26 Å². The number of aromatic nitrogens is 1. The molecule has 7 atom stereocenters. The molecule has 2 heterocycles. The molecule has 0 radical (unpaired) electrons. The summed E-state index contributed by atoms with van der Waals surface area (Å²) >= 11 is 6.47. The molecule has 42 heavy (non-hydrogen) atoms. The van der Waals surface area contributed by atoms with Gasteiger partial charge in [0.25, 0.3) is 0 Å². The molecular weight excluding hydrogens is 562 g/mol. The molecule has 12 heteroatoms. The number of nitrogens with one attached hydrogen (secondary N) is 1. The van der Waals surface area contributed by atoms with E-state index in [9.17, 15) is 19.6 Å². The highest BCUT2D eigenvalue weighted by Gasteiger charge is 2.54. The topological polar surface area (TPSA) is 157 Å². The predicted octanol–water partition coefficient (Wildman–Crippen LogP) is 3.79. The summed E-state index contributed by atoms with van der Waals surface area (Å²) in [5, 5.41) is 13.1. The maximum Gasteiger partial charge on any atom is 0.408 e. The number of carbonyl (C=O) groups excluding carboxylic acids is 3. The Kier molecular flexibility index (Phi) is 7.88. The molecule has 3 N–H and O–H groups in total. The van der Waals surface area contributed by atoms with Gasteiger partial charge in [-0.05, 0) is 48.1 Å². The quantitative estimate of drug-likeness (QED) is 0.488. The number of alkyl carbamates (subject to hydrolysis) is 1. The van der Waals surface area contributed by atoms with E-state index in [1.165, 1.54) is 18.1 Å². The van der Waals surface area contributed by atoms with Gasteiger partial charge in [0.15, 0.2) is 0 Å². The van der Waals surface area contributed by atoms with Crippen LogP contribution in [0.5, 0.6) is 11.5 Å². The predicted molar refractivity (Wildman–Crippen MR) is 154 cm³/mol. The Morgan fingerprint density at radius 2 is 1.86 bits per heavy atom. The second-order valence-electron chi connectivity index (χ2n) is 12.6. The molecule has 1 aromatic heterocycles. The zero-order chi connectivity index (χ0) is 30.5. The first-order valence-corrected chi connectivity index (χ1v) is 14.5. The fourth-order valence-electron chi connectivity index (χ4n) is 6.43. The molecule has 3 fully saturated rings. The molecule has 0 spiro atoms. The standard InChI is InChI=1S/C30H36ClN5O6/c1-14-19-9-16(10-20(14)19)42-29(39)35-26(30(2,3)4)28(38)36-13-17(11-21(36)27(33)37)41-23-8-15(12-32)34-25-18(23)6-7-22(40-5)24(25)31/h6-8,14,16-17,19-21,26H,9-11,13H2,1-5H3,(H2,33,37)(H,35,39)/t14?,16?,17?,19-,20+,21-,26+/m0/s1. The number of ether oxygens (including phenoxy) is 3. The first-order chi connectivity index (χ1) is 19.8. The lowest BCUT2D eigenvalue weighted by molar-refractivity contribution is -0.141. The zero-order valence-electron chi connectivity index (χ0n) is 24.3. The Labute approximate surface area is 249 Å². The number of pyridine rings is 1. The summed E-state index contributed by atoms with van der Waals surface area (Å²) in [7, 11) is 1.48. The number of halogens is 1. The van der Waals surface area contributed by atoms with E-state index < -0.39 is 41.5 Å². The third kappa shape index (κ3) is 5.64. The normalized spacial score (nSPS) is 27.1. The van der Waals surface area contributed by atoms with Gasteiger partial charge in [0.05, 0.1) is 19.2 Å². The summed E-state index contributed by atoms with van der Waals surface area (Å²) in [6.07, 6.45) is 0.376. The van der Waals surface area contributed by atoms with E-state index in [-0.39, 0.29) is 29.8 Å². The van der Waals surface area contributed by atoms with Crippen LogP contribution in [0.15, 0.2) is 18.2 Å². The molecule has 1 aromatic carbocycles. The SMILES string of the molecule is COc1ccc2c(OC3C[C@@H](C(N)=O)N(C(=O)[C@@H](NC(=O)OC4C[C@@H]5C(C)[C@@H]5C4)C(C)(C)C)C3)cc(C#N)nc2c1Cl. The largest absolute Gasteiger partial charge is 0.495 e. The Morgan fingerprint density at radius 3 is 2.45 bits per heavy atom. The van der Waals surface area contributed by atoms with Crippen molar-refractivity contribution in [1.82, 2.24) is 15.2 Å². The van der Waals surface area contributed by atoms with Crippen molar-refractivity contribution >= 4 is 40.4 Å². The lowest BCUT2D eigenvalue weighted by Gasteiger charge is -2.35. The van der Waals surface area contributed by atoms with Crippen LogP contribution in [-0.2, 0) is 14.3 Å². The number of amides is 3. The maximum atomic E-state index is 13.9. The third-order valence-electron chi connectivity index (χ3n) is 8.83. The van der Waals surface area contributed by atoms with Crippen molar-refractivity contribution in [2.24, 2.45) is 28.9 Å². The minimum Gasteiger partial charge on any atom is -0.495 e. The second-order valence-corrected chi connectivity index (χ2v) is 13.0. The summed E-state index contributed by atoms with van der Waals surface area (Å²) in [4.78, 5) is 45.0. The Bertz CT molecular complexity index is 1460. The highest BCUT2D eigenvalue weighted by Crippen LogP contribution is 2.57. The first kappa shape index (κ1) is 29.7. The highest BCUT2D eigenvalue weighted by atomic mass is 35.5. The molecule has 11 nitrogen and oxygen atoms in total. The van der Waals surface area contributed by atoms with Gasteiger partial charge in [0, 0.05) is 17.9 Å². The maximum absolute atomic E-state index is 13.9. The summed E-state index contributed by atoms with van der Waals surface area (Å²) in [6.45, 7) is 7.74. The van der Waals surface area contributed by atoms with Crippen LogP contribution in [0, 0.1) is 34.5 Å². The lowest BCUT2D eigenvalue weighted by Crippen LogP contribution is -2.57. The van der Waals surface area contributed by atoms with Crippen LogP contribution in [0.25, 0.3) is 10.9 Å². The number of nitrogens with zero attached hydrogens (tertiary/aromatic N) is 3. The molecular formula is C30H36ClN5O6. The highest BCUT2D eigenvalue weighted by molar-refractivity contribution is 6.36. The molecule has 5 rings (SSSR count). The van der Waals surface area contributed by atoms with Gasteiger partial charge in [0.1, 0.15) is 52.6 Å². The Morgan fingerprint density at radius 1 is 1.17 bits per heavy atom. The van der Waals surface area contributed by atoms with Crippen molar-refractivity contribution in [3.63, 3.8) is 0 Å². The summed E-state index contributed by atoms with van der Waals surface area (Å²) in [5.74, 6) is 1.48. The van der Waals surface area contributed by atoms with Gasteiger partial charge in [-0.2, -0.15) is 5.26 Å². The zero-order valence-corrected chi connectivity index (χ0v) is 25.1. The number of benzene rings is 1. The van der Waals surface area contributed by atoms with Gasteiger partial charge in [-0.3, -0.25) is 9.59 Å². The van der Waals surface area contributed by atoms with Crippen LogP contribution in [0.1, 0.15) is 52.7 Å². The number of fused-ring (bicyclic) bond motifs is 2. The van der Waals surface area contributed by atoms with E-state index in [1.807, 2.05) is 26.8 Å². The number of rotatable bonds is 7. The molecule has 3 aliphatic rings. The van der Waals surface area contributed by atoms with Crippen molar-refractivity contribution < 1.29 is 28.6 Å². The van der Waals surface area contributed by atoms with E-state index in [1.54, 1.807) is 12.1 Å². The van der Waals surface area contributed by atoms with Gasteiger partial charge in [-0.15, -0.1) is 0 Å². The number of hydrogen-bond donors (Lipinski definition) is 2. The molecule has 1 saturated heterocycles. The molecule has 3 unspecified atom stereocenters. The van der Waals surface area contributed by atoms with Crippen LogP contribution < -0.4 is 20.5 Å². The minimum absolute atomic E-state index is 0.0369. The van der Waals surface area contributed by atoms with Gasteiger partial charge in [-0.1, -0.05) is 39.3 Å². The summed E-state index contributed by atoms with van der Waals surface area (Å²) in [6, 6.07) is 4.93. The monoisotopic (exact) mass is 597 g/mol. The van der Waals surface area contributed by atoms with Crippen molar-refractivity contribution in [3.8, 4) is 17.6 Å². The van der Waals surface area contributed by atoms with E-state index in [0.717, 1.165) is 12.8 Å². The molecule has 3 amide bonds. The molecule has 1 aliphatic heterocycles. The minimum atomic E-state index is -0.973. The number of primary amides is 1. The van der Waals surface area contributed by atoms with Crippen LogP contribution in [0.3, 0.4) is 0 Å². The number of methoxy groups -OCH3 is 1. The molecule has 224 valence electrons. The second kappa shape index (κ2) is 11.1. The van der Waals surface area contributed by atoms with Gasteiger partial charge >= 0.3 is 6.09 Å². The number of carbonyl (C=O) groups is 3. The molecule has 2 saturated carbocycles. The molecule has 0 bridgehead atoms. The van der Waals surface area contributed by atoms with Gasteiger partial charge in [-0.25, -0.2) is 9.78 Å². The van der Waals surface area contributed by atoms with Crippen molar-refractivity contribution in [2.45, 2.75) is 71.2 Å². The average molecular weight is 598 g/mol. The van der Waals surface area contributed by atoms with Crippen molar-refractivity contribution in [3.05, 3.63) is 28.9 Å². The third-order valence-corrected chi connectivity index (χ3v) is 9.19. The van der Waals surface area contributed by atoms with E-state index in [0.29, 0.717) is 40.2 Å². The fraction of sp³-hybridized carbons (Fsp3) is 0.567. The van der Waals surface area contributed by atoms with Crippen LogP contribution in [0.2, 0.25) is 5.02 Å². The summed E-state index contributed by atoms with van der Waals surface area (Å²) < 4.78 is 17.2. The van der Waals surface area contributed by atoms with Crippen LogP contribution >= 0.6 is 11.6 Å². The Balaban J connectivity index is 1.34. The van der Waals surface area contributed by atoms with Gasteiger partial charge in [0.2, 0.25) is 11.8 Å². The number of nitriles is 1. The van der Waals surface area contributed by atoms with Crippen LogP contribution in [-0.4, -0.2) is 65.7 Å². The fourth-order valence-corrected chi connectivity index (χ4v) is 6.71.